The number of nitrogens with one attached hydrogen (secondary N) is 1. The van der Waals surface area contributed by atoms with Gasteiger partial charge in [0.25, 0.3) is 0 Å². The summed E-state index contributed by atoms with van der Waals surface area (Å²) in [6.07, 6.45) is 4.69. The van der Waals surface area contributed by atoms with Crippen LogP contribution in [-0.2, 0) is 6.42 Å². The predicted molar refractivity (Wildman–Crippen MR) is 71.0 cm³/mol. The van der Waals surface area contributed by atoms with Crippen LogP contribution in [0.4, 0.5) is 10.1 Å². The van der Waals surface area contributed by atoms with Crippen LogP contribution in [0.15, 0.2) is 30.0 Å². The van der Waals surface area contributed by atoms with Gasteiger partial charge in [-0.2, -0.15) is 0 Å². The highest BCUT2D eigenvalue weighted by Crippen LogP contribution is 2.30. The zero-order valence-electron chi connectivity index (χ0n) is 10.6. The van der Waals surface area contributed by atoms with Crippen LogP contribution >= 0.6 is 0 Å². The number of hydrogen-bond donors (Lipinski definition) is 1. The summed E-state index contributed by atoms with van der Waals surface area (Å²) >= 11 is 0. The molecule has 0 aromatic heterocycles. The Morgan fingerprint density at radius 1 is 1.41 bits per heavy atom. The van der Waals surface area contributed by atoms with Crippen LogP contribution in [0.2, 0.25) is 0 Å². The van der Waals surface area contributed by atoms with Gasteiger partial charge in [-0.05, 0) is 49.3 Å². The maximum atomic E-state index is 12.5. The molecule has 0 aliphatic carbocycles. The number of anilines is 1. The van der Waals surface area contributed by atoms with Crippen molar-refractivity contribution in [3.63, 3.8) is 0 Å². The highest BCUT2D eigenvalue weighted by molar-refractivity contribution is 5.58. The first-order valence-corrected chi connectivity index (χ1v) is 6.35. The summed E-state index contributed by atoms with van der Waals surface area (Å²) in [6.45, 7) is 4.01. The van der Waals surface area contributed by atoms with Crippen molar-refractivity contribution in [2.45, 2.75) is 33.1 Å². The molecule has 1 atom stereocenters. The SMILES string of the molecule is CCC(CCF)C1=CNc2ccc(C)cc2C1. The van der Waals surface area contributed by atoms with E-state index in [4.69, 9.17) is 0 Å². The second-order valence-corrected chi connectivity index (χ2v) is 4.78. The molecule has 0 amide bonds. The lowest BCUT2D eigenvalue weighted by molar-refractivity contribution is 0.405. The van der Waals surface area contributed by atoms with E-state index < -0.39 is 0 Å². The summed E-state index contributed by atoms with van der Waals surface area (Å²) in [5, 5.41) is 3.33. The fraction of sp³-hybridized carbons (Fsp3) is 0.467. The number of halogens is 1. The standard InChI is InChI=1S/C15H20FN/c1-3-12(6-7-16)14-9-13-8-11(2)4-5-15(13)17-10-14/h4-5,8,10,12,17H,3,6-7,9H2,1-2H3. The number of aryl methyl sites for hydroxylation is 1. The number of allylic oxidation sites excluding steroid dienone is 1. The number of rotatable bonds is 4. The molecular formula is C15H20FN. The van der Waals surface area contributed by atoms with E-state index in [-0.39, 0.29) is 6.67 Å². The van der Waals surface area contributed by atoms with Crippen LogP contribution in [0.1, 0.15) is 30.9 Å². The topological polar surface area (TPSA) is 12.0 Å². The Hall–Kier alpha value is -1.31. The molecule has 0 saturated carbocycles. The molecule has 1 aromatic carbocycles. The van der Waals surface area contributed by atoms with Crippen molar-refractivity contribution in [1.82, 2.24) is 0 Å². The summed E-state index contributed by atoms with van der Waals surface area (Å²) in [5.74, 6) is 0.376. The van der Waals surface area contributed by atoms with Gasteiger partial charge < -0.3 is 5.32 Å². The van der Waals surface area contributed by atoms with Gasteiger partial charge in [0, 0.05) is 11.9 Å². The number of benzene rings is 1. The number of alkyl halides is 1. The monoisotopic (exact) mass is 233 g/mol. The average Bonchev–Trinajstić information content (AvgIpc) is 2.35. The summed E-state index contributed by atoms with van der Waals surface area (Å²) in [5.41, 5.74) is 5.14. The molecule has 1 N–H and O–H groups in total. The molecule has 0 spiro atoms. The third kappa shape index (κ3) is 2.68. The Labute approximate surface area is 103 Å². The molecule has 0 fully saturated rings. The third-order valence-electron chi connectivity index (χ3n) is 3.54. The van der Waals surface area contributed by atoms with Crippen LogP contribution in [0.25, 0.3) is 0 Å². The Morgan fingerprint density at radius 3 is 2.94 bits per heavy atom. The molecule has 1 unspecified atom stereocenters. The Kier molecular flexibility index (Phi) is 3.82. The lowest BCUT2D eigenvalue weighted by Crippen LogP contribution is -2.13. The second kappa shape index (κ2) is 5.35. The normalized spacial score (nSPS) is 15.8. The molecule has 1 aliphatic heterocycles. The highest BCUT2D eigenvalue weighted by Gasteiger charge is 2.17. The summed E-state index contributed by atoms with van der Waals surface area (Å²) < 4.78 is 12.5. The molecule has 0 bridgehead atoms. The van der Waals surface area contributed by atoms with Gasteiger partial charge >= 0.3 is 0 Å². The zero-order chi connectivity index (χ0) is 12.3. The van der Waals surface area contributed by atoms with Crippen molar-refractivity contribution in [2.75, 3.05) is 12.0 Å². The fourth-order valence-electron chi connectivity index (χ4n) is 2.50. The van der Waals surface area contributed by atoms with E-state index in [2.05, 4.69) is 43.6 Å². The Bertz CT molecular complexity index is 423. The minimum atomic E-state index is -0.226. The van der Waals surface area contributed by atoms with E-state index in [0.29, 0.717) is 12.3 Å². The molecule has 17 heavy (non-hydrogen) atoms. The first-order chi connectivity index (χ1) is 8.24. The molecule has 0 radical (unpaired) electrons. The van der Waals surface area contributed by atoms with Gasteiger partial charge in [-0.25, -0.2) is 0 Å². The van der Waals surface area contributed by atoms with E-state index in [9.17, 15) is 4.39 Å². The largest absolute Gasteiger partial charge is 0.361 e. The smallest absolute Gasteiger partial charge is 0.0900 e. The molecule has 2 heteroatoms. The molecule has 1 aliphatic rings. The van der Waals surface area contributed by atoms with Gasteiger partial charge in [0.15, 0.2) is 0 Å². The fourth-order valence-corrected chi connectivity index (χ4v) is 2.50. The number of hydrogen-bond acceptors (Lipinski definition) is 1. The first kappa shape index (κ1) is 12.2. The molecule has 0 saturated heterocycles. The minimum Gasteiger partial charge on any atom is -0.361 e. The highest BCUT2D eigenvalue weighted by atomic mass is 19.1. The van der Waals surface area contributed by atoms with Crippen LogP contribution in [0.3, 0.4) is 0 Å². The molecular weight excluding hydrogens is 213 g/mol. The van der Waals surface area contributed by atoms with Gasteiger partial charge in [0.2, 0.25) is 0 Å². The number of fused-ring (bicyclic) bond motifs is 1. The molecule has 92 valence electrons. The summed E-state index contributed by atoms with van der Waals surface area (Å²) in [7, 11) is 0. The van der Waals surface area contributed by atoms with E-state index >= 15 is 0 Å². The lowest BCUT2D eigenvalue weighted by Gasteiger charge is -2.24. The van der Waals surface area contributed by atoms with Crippen molar-refractivity contribution in [3.8, 4) is 0 Å². The Morgan fingerprint density at radius 2 is 2.24 bits per heavy atom. The van der Waals surface area contributed by atoms with Crippen molar-refractivity contribution in [1.29, 1.82) is 0 Å². The van der Waals surface area contributed by atoms with Crippen LogP contribution in [0.5, 0.6) is 0 Å². The predicted octanol–water partition coefficient (Wildman–Crippen LogP) is 4.23. The van der Waals surface area contributed by atoms with E-state index in [1.165, 1.54) is 22.4 Å². The van der Waals surface area contributed by atoms with Gasteiger partial charge in [-0.15, -0.1) is 0 Å². The maximum Gasteiger partial charge on any atom is 0.0900 e. The van der Waals surface area contributed by atoms with Crippen molar-refractivity contribution in [3.05, 3.63) is 41.1 Å². The Balaban J connectivity index is 2.17. The van der Waals surface area contributed by atoms with Gasteiger partial charge in [-0.3, -0.25) is 4.39 Å². The van der Waals surface area contributed by atoms with E-state index in [0.717, 1.165) is 12.8 Å². The van der Waals surface area contributed by atoms with Crippen LogP contribution < -0.4 is 5.32 Å². The van der Waals surface area contributed by atoms with Crippen molar-refractivity contribution in [2.24, 2.45) is 5.92 Å². The van der Waals surface area contributed by atoms with Gasteiger partial charge in [-0.1, -0.05) is 24.6 Å². The zero-order valence-corrected chi connectivity index (χ0v) is 10.6. The van der Waals surface area contributed by atoms with E-state index in [1.54, 1.807) is 0 Å². The molecule has 2 rings (SSSR count). The molecule has 1 heterocycles. The van der Waals surface area contributed by atoms with Gasteiger partial charge in [0.1, 0.15) is 0 Å². The first-order valence-electron chi connectivity index (χ1n) is 6.35. The third-order valence-corrected chi connectivity index (χ3v) is 3.54. The van der Waals surface area contributed by atoms with Crippen molar-refractivity contribution >= 4 is 5.69 Å². The summed E-state index contributed by atoms with van der Waals surface area (Å²) in [4.78, 5) is 0. The van der Waals surface area contributed by atoms with E-state index in [1.807, 2.05) is 0 Å². The average molecular weight is 233 g/mol. The van der Waals surface area contributed by atoms with Crippen molar-refractivity contribution < 1.29 is 4.39 Å². The maximum absolute atomic E-state index is 12.5. The summed E-state index contributed by atoms with van der Waals surface area (Å²) in [6, 6.07) is 6.45. The lowest BCUT2D eigenvalue weighted by atomic mass is 9.87. The molecule has 1 nitrogen and oxygen atoms in total. The quantitative estimate of drug-likeness (QED) is 0.820. The minimum absolute atomic E-state index is 0.226. The second-order valence-electron chi connectivity index (χ2n) is 4.78. The van der Waals surface area contributed by atoms with Crippen LogP contribution in [-0.4, -0.2) is 6.67 Å². The molecule has 1 aromatic rings. The van der Waals surface area contributed by atoms with Crippen LogP contribution in [0, 0.1) is 12.8 Å². The van der Waals surface area contributed by atoms with Gasteiger partial charge in [0.05, 0.1) is 6.67 Å².